The van der Waals surface area contributed by atoms with E-state index in [-0.39, 0.29) is 0 Å². The Morgan fingerprint density at radius 3 is 2.87 bits per heavy atom. The van der Waals surface area contributed by atoms with Gasteiger partial charge in [0.25, 0.3) is 0 Å². The zero-order valence-electron chi connectivity index (χ0n) is 8.43. The van der Waals surface area contributed by atoms with Crippen molar-refractivity contribution in [2.75, 3.05) is 5.73 Å². The van der Waals surface area contributed by atoms with Gasteiger partial charge in [0.05, 0.1) is 5.69 Å². The van der Waals surface area contributed by atoms with Crippen LogP contribution in [0.2, 0.25) is 0 Å². The summed E-state index contributed by atoms with van der Waals surface area (Å²) in [5, 5.41) is 2.58. The molecule has 2 nitrogen and oxygen atoms in total. The van der Waals surface area contributed by atoms with Crippen LogP contribution in [0.15, 0.2) is 17.5 Å². The summed E-state index contributed by atoms with van der Waals surface area (Å²) in [6, 6.07) is 4.30. The van der Waals surface area contributed by atoms with Crippen molar-refractivity contribution in [1.82, 2.24) is 4.98 Å². The summed E-state index contributed by atoms with van der Waals surface area (Å²) in [6.07, 6.45) is 5.18. The van der Waals surface area contributed by atoms with E-state index in [4.69, 9.17) is 5.73 Å². The van der Waals surface area contributed by atoms with Gasteiger partial charge in [0.1, 0.15) is 0 Å². The minimum atomic E-state index is 0.620. The lowest BCUT2D eigenvalue weighted by Crippen LogP contribution is -1.80. The van der Waals surface area contributed by atoms with Gasteiger partial charge >= 0.3 is 0 Å². The number of rotatable bonds is 3. The predicted molar refractivity (Wildman–Crippen MR) is 69.2 cm³/mol. The van der Waals surface area contributed by atoms with Crippen molar-refractivity contribution in [3.8, 4) is 0 Å². The van der Waals surface area contributed by atoms with Crippen molar-refractivity contribution in [1.29, 1.82) is 0 Å². The highest BCUT2D eigenvalue weighted by Gasteiger charge is 1.96. The van der Waals surface area contributed by atoms with E-state index in [1.807, 2.05) is 22.8 Å². The zero-order valence-corrected chi connectivity index (χ0v) is 10.1. The number of hydrogen-bond donors (Lipinski definition) is 1. The fourth-order valence-electron chi connectivity index (χ4n) is 1.22. The Morgan fingerprint density at radius 1 is 1.40 bits per heavy atom. The van der Waals surface area contributed by atoms with Crippen LogP contribution in [0.25, 0.3) is 12.2 Å². The number of aryl methyl sites for hydroxylation is 1. The van der Waals surface area contributed by atoms with Crippen molar-refractivity contribution in [2.45, 2.75) is 13.3 Å². The van der Waals surface area contributed by atoms with Gasteiger partial charge in [0, 0.05) is 15.1 Å². The molecule has 0 saturated heterocycles. The van der Waals surface area contributed by atoms with Crippen LogP contribution in [-0.4, -0.2) is 4.98 Å². The van der Waals surface area contributed by atoms with Gasteiger partial charge in [-0.15, -0.1) is 22.7 Å². The van der Waals surface area contributed by atoms with E-state index in [9.17, 15) is 0 Å². The quantitative estimate of drug-likeness (QED) is 0.885. The Hall–Kier alpha value is -1.13. The van der Waals surface area contributed by atoms with Crippen LogP contribution in [0.1, 0.15) is 22.4 Å². The van der Waals surface area contributed by atoms with Crippen LogP contribution in [-0.2, 0) is 6.42 Å². The average Bonchev–Trinajstić information content (AvgIpc) is 2.83. The van der Waals surface area contributed by atoms with Crippen molar-refractivity contribution in [3.63, 3.8) is 0 Å². The summed E-state index contributed by atoms with van der Waals surface area (Å²) in [4.78, 5) is 6.84. The minimum Gasteiger partial charge on any atom is -0.375 e. The van der Waals surface area contributed by atoms with Crippen molar-refractivity contribution >= 4 is 40.0 Å². The summed E-state index contributed by atoms with van der Waals surface area (Å²) in [5.41, 5.74) is 6.48. The summed E-state index contributed by atoms with van der Waals surface area (Å²) in [5.74, 6) is 0. The molecule has 0 unspecified atom stereocenters. The van der Waals surface area contributed by atoms with E-state index in [0.717, 1.165) is 12.1 Å². The Bertz CT molecular complexity index is 468. The van der Waals surface area contributed by atoms with E-state index in [2.05, 4.69) is 30.1 Å². The third-order valence-corrected chi connectivity index (χ3v) is 3.88. The molecule has 0 saturated carbocycles. The number of hydrogen-bond acceptors (Lipinski definition) is 4. The summed E-state index contributed by atoms with van der Waals surface area (Å²) >= 11 is 3.28. The molecule has 2 heterocycles. The fraction of sp³-hybridized carbons (Fsp3) is 0.182. The van der Waals surface area contributed by atoms with E-state index in [1.165, 1.54) is 21.1 Å². The van der Waals surface area contributed by atoms with Gasteiger partial charge in [-0.25, -0.2) is 4.98 Å². The monoisotopic (exact) mass is 236 g/mol. The molecule has 4 heteroatoms. The van der Waals surface area contributed by atoms with Gasteiger partial charge in [-0.1, -0.05) is 6.92 Å². The van der Waals surface area contributed by atoms with Crippen molar-refractivity contribution in [3.05, 3.63) is 33.0 Å². The lowest BCUT2D eigenvalue weighted by molar-refractivity contribution is 1.19. The number of nitrogens with zero attached hydrogens (tertiary/aromatic N) is 1. The molecule has 2 rings (SSSR count). The molecule has 0 aliphatic heterocycles. The molecular weight excluding hydrogens is 224 g/mol. The van der Waals surface area contributed by atoms with Crippen LogP contribution in [0.3, 0.4) is 0 Å². The first kappa shape index (κ1) is 10.4. The van der Waals surface area contributed by atoms with Crippen LogP contribution in [0.5, 0.6) is 0 Å². The Labute approximate surface area is 97.1 Å². The highest BCUT2D eigenvalue weighted by molar-refractivity contribution is 7.13. The highest BCUT2D eigenvalue weighted by Crippen LogP contribution is 2.20. The summed E-state index contributed by atoms with van der Waals surface area (Å²) < 4.78 is 0. The molecule has 0 spiro atoms. The summed E-state index contributed by atoms with van der Waals surface area (Å²) in [7, 11) is 0. The molecule has 2 aromatic rings. The van der Waals surface area contributed by atoms with E-state index in [0.29, 0.717) is 5.13 Å². The number of nitrogen functional groups attached to an aromatic ring is 1. The number of nitrogens with two attached hydrogens (primary N) is 1. The second kappa shape index (κ2) is 4.59. The molecule has 78 valence electrons. The Balaban J connectivity index is 2.11. The minimum absolute atomic E-state index is 0.620. The number of anilines is 1. The molecule has 0 fully saturated rings. The maximum atomic E-state index is 5.55. The normalized spacial score (nSPS) is 11.3. The fourth-order valence-corrected chi connectivity index (χ4v) is 2.61. The molecule has 0 aliphatic rings. The molecule has 2 N–H and O–H groups in total. The Kier molecular flexibility index (Phi) is 3.18. The second-order valence-electron chi connectivity index (χ2n) is 3.10. The molecular formula is C11H12N2S2. The number of aromatic nitrogens is 1. The van der Waals surface area contributed by atoms with Gasteiger partial charge in [-0.05, 0) is 30.7 Å². The van der Waals surface area contributed by atoms with Crippen LogP contribution in [0, 0.1) is 0 Å². The first-order valence-electron chi connectivity index (χ1n) is 4.75. The van der Waals surface area contributed by atoms with Gasteiger partial charge in [-0.3, -0.25) is 0 Å². The van der Waals surface area contributed by atoms with Crippen LogP contribution in [0.4, 0.5) is 5.13 Å². The van der Waals surface area contributed by atoms with Crippen molar-refractivity contribution < 1.29 is 0 Å². The lowest BCUT2D eigenvalue weighted by Gasteiger charge is -1.84. The predicted octanol–water partition coefficient (Wildman–Crippen LogP) is 3.52. The molecule has 0 atom stereocenters. The maximum Gasteiger partial charge on any atom is 0.180 e. The topological polar surface area (TPSA) is 38.9 Å². The molecule has 15 heavy (non-hydrogen) atoms. The standard InChI is InChI=1S/C11H12N2S2/c1-2-9-5-6-10(15-9)4-3-8-7-14-11(12)13-8/h3-7H,2H2,1H3,(H2,12,13). The van der Waals surface area contributed by atoms with E-state index >= 15 is 0 Å². The summed E-state index contributed by atoms with van der Waals surface area (Å²) in [6.45, 7) is 2.17. The Morgan fingerprint density at radius 2 is 2.27 bits per heavy atom. The molecule has 0 amide bonds. The number of thiophene rings is 1. The van der Waals surface area contributed by atoms with Gasteiger partial charge < -0.3 is 5.73 Å². The molecule has 0 bridgehead atoms. The van der Waals surface area contributed by atoms with Gasteiger partial charge in [0.15, 0.2) is 5.13 Å². The largest absolute Gasteiger partial charge is 0.375 e. The molecule has 0 radical (unpaired) electrons. The molecule has 0 aromatic carbocycles. The smallest absolute Gasteiger partial charge is 0.180 e. The third-order valence-electron chi connectivity index (χ3n) is 1.99. The molecule has 0 aliphatic carbocycles. The first-order valence-corrected chi connectivity index (χ1v) is 6.45. The first-order chi connectivity index (χ1) is 7.28. The third kappa shape index (κ3) is 2.67. The SMILES string of the molecule is CCc1ccc(C=Cc2csc(N)n2)s1. The second-order valence-corrected chi connectivity index (χ2v) is 5.19. The average molecular weight is 236 g/mol. The molecule has 2 aromatic heterocycles. The zero-order chi connectivity index (χ0) is 10.7. The van der Waals surface area contributed by atoms with E-state index in [1.54, 1.807) is 0 Å². The number of thiazole rings is 1. The van der Waals surface area contributed by atoms with Crippen LogP contribution >= 0.6 is 22.7 Å². The highest BCUT2D eigenvalue weighted by atomic mass is 32.1. The van der Waals surface area contributed by atoms with E-state index < -0.39 is 0 Å². The maximum absolute atomic E-state index is 5.55. The lowest BCUT2D eigenvalue weighted by atomic mass is 10.3. The van der Waals surface area contributed by atoms with Crippen LogP contribution < -0.4 is 5.73 Å². The van der Waals surface area contributed by atoms with Crippen molar-refractivity contribution in [2.24, 2.45) is 0 Å². The van der Waals surface area contributed by atoms with Gasteiger partial charge in [-0.2, -0.15) is 0 Å². The van der Waals surface area contributed by atoms with Gasteiger partial charge in [0.2, 0.25) is 0 Å².